The first-order valence-corrected chi connectivity index (χ1v) is 7.19. The van der Waals surface area contributed by atoms with Gasteiger partial charge in [0.25, 0.3) is 0 Å². The molecule has 0 aliphatic carbocycles. The van der Waals surface area contributed by atoms with Crippen LogP contribution in [0.1, 0.15) is 11.3 Å². The van der Waals surface area contributed by atoms with E-state index in [2.05, 4.69) is 15.7 Å². The van der Waals surface area contributed by atoms with Crippen molar-refractivity contribution >= 4 is 29.5 Å². The molecule has 0 aliphatic heterocycles. The standard InChI is InChI=1S/C14H10ClF3N4.CH3NO/c1-7-12(15)22-6-8(2-3-11(22)21-7)9-4-10(14(16,17)18)13(19)20-5-9;2-1-3/h2-6H,1H3,(H2,19,20);1H,(H2,2,3). The van der Waals surface area contributed by atoms with Crippen LogP contribution in [0.5, 0.6) is 0 Å². The molecule has 6 nitrogen and oxygen atoms in total. The van der Waals surface area contributed by atoms with Crippen molar-refractivity contribution in [1.82, 2.24) is 14.4 Å². The van der Waals surface area contributed by atoms with Crippen LogP contribution in [0, 0.1) is 6.92 Å². The highest BCUT2D eigenvalue weighted by Crippen LogP contribution is 2.35. The predicted molar refractivity (Wildman–Crippen MR) is 87.8 cm³/mol. The Hall–Kier alpha value is -2.81. The largest absolute Gasteiger partial charge is 0.419 e. The number of carbonyl (C=O) groups is 1. The van der Waals surface area contributed by atoms with Crippen LogP contribution in [0.2, 0.25) is 5.15 Å². The molecule has 1 amide bonds. The third kappa shape index (κ3) is 3.82. The number of nitrogens with zero attached hydrogens (tertiary/aromatic N) is 3. The quantitative estimate of drug-likeness (QED) is 0.642. The number of rotatable bonds is 1. The van der Waals surface area contributed by atoms with Gasteiger partial charge in [0.05, 0.1) is 11.3 Å². The number of hydrogen-bond acceptors (Lipinski definition) is 4. The van der Waals surface area contributed by atoms with Gasteiger partial charge in [0, 0.05) is 23.5 Å². The molecular weight excluding hydrogens is 359 g/mol. The topological polar surface area (TPSA) is 99.3 Å². The molecule has 10 heteroatoms. The number of amides is 1. The van der Waals surface area contributed by atoms with E-state index in [1.807, 2.05) is 0 Å². The second-order valence-electron chi connectivity index (χ2n) is 4.92. The zero-order valence-corrected chi connectivity index (χ0v) is 13.6. The van der Waals surface area contributed by atoms with Crippen LogP contribution in [-0.2, 0) is 11.0 Å². The van der Waals surface area contributed by atoms with Crippen LogP contribution in [0.25, 0.3) is 16.8 Å². The molecule has 0 radical (unpaired) electrons. The van der Waals surface area contributed by atoms with Gasteiger partial charge in [-0.1, -0.05) is 11.6 Å². The van der Waals surface area contributed by atoms with Crippen LogP contribution in [0.15, 0.2) is 30.6 Å². The molecule has 0 unspecified atom stereocenters. The van der Waals surface area contributed by atoms with Gasteiger partial charge in [-0.15, -0.1) is 0 Å². The van der Waals surface area contributed by atoms with Crippen LogP contribution in [0.4, 0.5) is 19.0 Å². The minimum absolute atomic E-state index is 0.250. The van der Waals surface area contributed by atoms with E-state index < -0.39 is 17.6 Å². The molecule has 0 aromatic carbocycles. The number of alkyl halides is 3. The summed E-state index contributed by atoms with van der Waals surface area (Å²) in [6.45, 7) is 1.75. The fraction of sp³-hybridized carbons (Fsp3) is 0.133. The lowest BCUT2D eigenvalue weighted by atomic mass is 10.1. The number of nitrogens with two attached hydrogens (primary N) is 2. The van der Waals surface area contributed by atoms with Crippen molar-refractivity contribution < 1.29 is 18.0 Å². The molecule has 0 saturated carbocycles. The SMILES string of the molecule is Cc1nc2ccc(-c3cnc(N)c(C(F)(F)F)c3)cn2c1Cl.NC=O. The number of imidazole rings is 1. The zero-order valence-electron chi connectivity index (χ0n) is 12.9. The van der Waals surface area contributed by atoms with E-state index in [-0.39, 0.29) is 6.41 Å². The number of aromatic nitrogens is 3. The van der Waals surface area contributed by atoms with Crippen LogP contribution < -0.4 is 11.5 Å². The molecule has 0 fully saturated rings. The lowest BCUT2D eigenvalue weighted by Crippen LogP contribution is -2.10. The summed E-state index contributed by atoms with van der Waals surface area (Å²) in [4.78, 5) is 16.4. The average Bonchev–Trinajstić information content (AvgIpc) is 2.82. The van der Waals surface area contributed by atoms with E-state index in [0.717, 1.165) is 6.07 Å². The van der Waals surface area contributed by atoms with E-state index >= 15 is 0 Å². The highest BCUT2D eigenvalue weighted by atomic mass is 35.5. The number of anilines is 1. The highest BCUT2D eigenvalue weighted by molar-refractivity contribution is 6.30. The minimum Gasteiger partial charge on any atom is -0.383 e. The van der Waals surface area contributed by atoms with Gasteiger partial charge in [0.1, 0.15) is 16.6 Å². The van der Waals surface area contributed by atoms with Crippen molar-refractivity contribution in [3.05, 3.63) is 47.0 Å². The maximum atomic E-state index is 12.9. The molecule has 4 N–H and O–H groups in total. The van der Waals surface area contributed by atoms with Crippen LogP contribution >= 0.6 is 11.6 Å². The van der Waals surface area contributed by atoms with Crippen molar-refractivity contribution in [2.24, 2.45) is 5.73 Å². The minimum atomic E-state index is -4.56. The first-order valence-electron chi connectivity index (χ1n) is 6.81. The fourth-order valence-electron chi connectivity index (χ4n) is 2.16. The van der Waals surface area contributed by atoms with E-state index in [9.17, 15) is 13.2 Å². The summed E-state index contributed by atoms with van der Waals surface area (Å²) in [5.74, 6) is -0.547. The van der Waals surface area contributed by atoms with Gasteiger partial charge in [-0.3, -0.25) is 9.20 Å². The number of halogens is 4. The summed E-state index contributed by atoms with van der Waals surface area (Å²) in [5.41, 5.74) is 10.6. The summed E-state index contributed by atoms with van der Waals surface area (Å²) >= 11 is 6.11. The number of hydrogen-bond donors (Lipinski definition) is 2. The van der Waals surface area contributed by atoms with Crippen LogP contribution in [-0.4, -0.2) is 20.8 Å². The van der Waals surface area contributed by atoms with Gasteiger partial charge < -0.3 is 11.5 Å². The van der Waals surface area contributed by atoms with Crippen molar-refractivity contribution in [3.63, 3.8) is 0 Å². The highest BCUT2D eigenvalue weighted by Gasteiger charge is 2.34. The summed E-state index contributed by atoms with van der Waals surface area (Å²) in [5, 5.41) is 0.413. The molecule has 0 saturated heterocycles. The average molecular weight is 372 g/mol. The van der Waals surface area contributed by atoms with Gasteiger partial charge in [-0.05, 0) is 25.1 Å². The van der Waals surface area contributed by atoms with Crippen LogP contribution in [0.3, 0.4) is 0 Å². The van der Waals surface area contributed by atoms with Crippen molar-refractivity contribution in [3.8, 4) is 11.1 Å². The van der Waals surface area contributed by atoms with Gasteiger partial charge in [0.15, 0.2) is 0 Å². The smallest absolute Gasteiger partial charge is 0.383 e. The van der Waals surface area contributed by atoms with E-state index in [1.165, 1.54) is 6.20 Å². The zero-order chi connectivity index (χ0) is 18.8. The van der Waals surface area contributed by atoms with Crippen molar-refractivity contribution in [2.75, 3.05) is 5.73 Å². The Labute approximate surface area is 145 Å². The van der Waals surface area contributed by atoms with Gasteiger partial charge in [-0.25, -0.2) is 9.97 Å². The number of aryl methyl sites for hydroxylation is 1. The number of carbonyl (C=O) groups excluding carboxylic acids is 1. The molecule has 0 atom stereocenters. The third-order valence-electron chi connectivity index (χ3n) is 3.28. The number of primary amides is 1. The molecule has 0 spiro atoms. The molecule has 25 heavy (non-hydrogen) atoms. The van der Waals surface area contributed by atoms with E-state index in [4.69, 9.17) is 22.1 Å². The Morgan fingerprint density at radius 3 is 2.52 bits per heavy atom. The number of pyridine rings is 2. The summed E-state index contributed by atoms with van der Waals surface area (Å²) in [6.07, 6.45) is -1.39. The molecule has 0 bridgehead atoms. The first-order chi connectivity index (χ1) is 11.7. The molecule has 0 aliphatic rings. The Morgan fingerprint density at radius 2 is 1.92 bits per heavy atom. The van der Waals surface area contributed by atoms with Gasteiger partial charge >= 0.3 is 6.18 Å². The van der Waals surface area contributed by atoms with Gasteiger partial charge in [-0.2, -0.15) is 13.2 Å². The number of nitrogen functional groups attached to an aromatic ring is 1. The Morgan fingerprint density at radius 1 is 1.28 bits per heavy atom. The van der Waals surface area contributed by atoms with Gasteiger partial charge in [0.2, 0.25) is 6.41 Å². The molecular formula is C15H13ClF3N5O. The molecule has 3 rings (SSSR count). The maximum absolute atomic E-state index is 12.9. The first kappa shape index (κ1) is 18.5. The summed E-state index contributed by atoms with van der Waals surface area (Å²) < 4.78 is 40.3. The second kappa shape index (κ2) is 6.98. The summed E-state index contributed by atoms with van der Waals surface area (Å²) in [6, 6.07) is 4.31. The maximum Gasteiger partial charge on any atom is 0.419 e. The molecule has 3 aromatic rings. The van der Waals surface area contributed by atoms with Crippen molar-refractivity contribution in [2.45, 2.75) is 13.1 Å². The molecule has 132 valence electrons. The predicted octanol–water partition coefficient (Wildman–Crippen LogP) is 3.06. The third-order valence-corrected chi connectivity index (χ3v) is 3.73. The number of fused-ring (bicyclic) bond motifs is 1. The monoisotopic (exact) mass is 371 g/mol. The van der Waals surface area contributed by atoms with E-state index in [1.54, 1.807) is 29.7 Å². The summed E-state index contributed by atoms with van der Waals surface area (Å²) in [7, 11) is 0. The molecule has 3 aromatic heterocycles. The Kier molecular flexibility index (Phi) is 5.17. The normalized spacial score (nSPS) is 11.1. The lowest BCUT2D eigenvalue weighted by Gasteiger charge is -2.11. The second-order valence-corrected chi connectivity index (χ2v) is 5.28. The Balaban J connectivity index is 0.000000701. The fourth-order valence-corrected chi connectivity index (χ4v) is 2.34. The lowest BCUT2D eigenvalue weighted by molar-refractivity contribution is -0.137. The Bertz CT molecular complexity index is 923. The van der Waals surface area contributed by atoms with E-state index in [0.29, 0.717) is 27.6 Å². The van der Waals surface area contributed by atoms with Crippen molar-refractivity contribution in [1.29, 1.82) is 0 Å². The molecule has 3 heterocycles.